The number of hydrogen-bond acceptors (Lipinski definition) is 0. The molecule has 4 unspecified atom stereocenters. The standard InChI is InChI=1S/C16H26/c1-9-11-5-3-6-12(9)15(11)16-13-7-4-8-14(16)10(13)2/h9-16H,3-8H2,1-2H3/t9?,10?,11-,12+,13-,14+,15?,16?. The second kappa shape index (κ2) is 3.27. The topological polar surface area (TPSA) is 0 Å². The lowest BCUT2D eigenvalue weighted by atomic mass is 9.37. The van der Waals surface area contributed by atoms with Crippen LogP contribution in [0.3, 0.4) is 0 Å². The minimum Gasteiger partial charge on any atom is -0.0620 e. The van der Waals surface area contributed by atoms with Crippen LogP contribution in [-0.4, -0.2) is 0 Å². The van der Waals surface area contributed by atoms with Crippen LogP contribution in [0, 0.1) is 47.3 Å². The van der Waals surface area contributed by atoms with Gasteiger partial charge in [0.15, 0.2) is 0 Å². The Morgan fingerprint density at radius 1 is 0.562 bits per heavy atom. The first-order valence-electron chi connectivity index (χ1n) is 7.79. The fourth-order valence-corrected chi connectivity index (χ4v) is 6.52. The van der Waals surface area contributed by atoms with Crippen molar-refractivity contribution >= 4 is 0 Å². The van der Waals surface area contributed by atoms with Gasteiger partial charge in [0.1, 0.15) is 0 Å². The van der Waals surface area contributed by atoms with E-state index in [-0.39, 0.29) is 0 Å². The Morgan fingerprint density at radius 2 is 0.875 bits per heavy atom. The Kier molecular flexibility index (Phi) is 2.04. The molecule has 0 heteroatoms. The Morgan fingerprint density at radius 3 is 1.12 bits per heavy atom. The van der Waals surface area contributed by atoms with Gasteiger partial charge in [-0.3, -0.25) is 0 Å². The van der Waals surface area contributed by atoms with Crippen LogP contribution in [0.1, 0.15) is 52.4 Å². The van der Waals surface area contributed by atoms with Gasteiger partial charge in [0, 0.05) is 0 Å². The molecule has 0 spiro atoms. The van der Waals surface area contributed by atoms with Gasteiger partial charge in [-0.15, -0.1) is 0 Å². The van der Waals surface area contributed by atoms with Gasteiger partial charge in [0.05, 0.1) is 0 Å². The summed E-state index contributed by atoms with van der Waals surface area (Å²) < 4.78 is 0. The number of hydrogen-bond donors (Lipinski definition) is 0. The Hall–Kier alpha value is 0. The monoisotopic (exact) mass is 218 g/mol. The third-order valence-corrected chi connectivity index (χ3v) is 7.27. The summed E-state index contributed by atoms with van der Waals surface area (Å²) in [5.41, 5.74) is 0. The summed E-state index contributed by atoms with van der Waals surface area (Å²) in [6, 6.07) is 0. The van der Waals surface area contributed by atoms with E-state index >= 15 is 0 Å². The highest BCUT2D eigenvalue weighted by atomic mass is 14.7. The first-order valence-corrected chi connectivity index (χ1v) is 7.79. The average molecular weight is 218 g/mol. The van der Waals surface area contributed by atoms with Gasteiger partial charge in [0.25, 0.3) is 0 Å². The molecule has 0 nitrogen and oxygen atoms in total. The van der Waals surface area contributed by atoms with E-state index in [2.05, 4.69) is 13.8 Å². The molecule has 0 amide bonds. The second-order valence-electron chi connectivity index (χ2n) is 7.39. The zero-order valence-corrected chi connectivity index (χ0v) is 10.9. The SMILES string of the molecule is CC1[C@H]2CCC[C@@H]1C2C1[C@@H]2CCC[C@H]1C2C. The van der Waals surface area contributed by atoms with Crippen molar-refractivity contribution in [3.63, 3.8) is 0 Å². The molecule has 16 heavy (non-hydrogen) atoms. The van der Waals surface area contributed by atoms with Crippen LogP contribution < -0.4 is 0 Å². The van der Waals surface area contributed by atoms with Gasteiger partial charge in [-0.2, -0.15) is 0 Å². The molecule has 0 aromatic heterocycles. The largest absolute Gasteiger partial charge is 0.0620 e. The molecule has 0 saturated heterocycles. The first kappa shape index (κ1) is 9.97. The Bertz CT molecular complexity index is 240. The fourth-order valence-electron chi connectivity index (χ4n) is 6.52. The second-order valence-corrected chi connectivity index (χ2v) is 7.39. The summed E-state index contributed by atoms with van der Waals surface area (Å²) in [7, 11) is 0. The van der Waals surface area contributed by atoms with E-state index in [0.29, 0.717) is 0 Å². The van der Waals surface area contributed by atoms with Crippen LogP contribution in [-0.2, 0) is 0 Å². The molecule has 0 N–H and O–H groups in total. The normalized spacial score (nSPS) is 63.4. The molecule has 0 heterocycles. The van der Waals surface area contributed by atoms with E-state index in [1.165, 1.54) is 11.8 Å². The highest BCUT2D eigenvalue weighted by Crippen LogP contribution is 2.67. The van der Waals surface area contributed by atoms with E-state index in [1.54, 1.807) is 38.5 Å². The third-order valence-electron chi connectivity index (χ3n) is 7.27. The van der Waals surface area contributed by atoms with Gasteiger partial charge in [-0.1, -0.05) is 26.7 Å². The highest BCUT2D eigenvalue weighted by molar-refractivity contribution is 5.09. The van der Waals surface area contributed by atoms with Crippen molar-refractivity contribution in [2.75, 3.05) is 0 Å². The Balaban J connectivity index is 1.56. The summed E-state index contributed by atoms with van der Waals surface area (Å²) in [4.78, 5) is 0. The van der Waals surface area contributed by atoms with Crippen molar-refractivity contribution in [1.82, 2.24) is 0 Å². The predicted octanol–water partition coefficient (Wildman–Crippen LogP) is 4.35. The molecule has 4 aliphatic carbocycles. The molecular formula is C16H26. The summed E-state index contributed by atoms with van der Waals surface area (Å²) in [6.07, 6.45) is 9.40. The summed E-state index contributed by atoms with van der Waals surface area (Å²) >= 11 is 0. The molecule has 4 rings (SSSR count). The summed E-state index contributed by atoms with van der Waals surface area (Å²) in [6.45, 7) is 5.09. The first-order chi connectivity index (χ1) is 7.79. The molecule has 4 aliphatic rings. The quantitative estimate of drug-likeness (QED) is 0.614. The van der Waals surface area contributed by atoms with Crippen molar-refractivity contribution < 1.29 is 0 Å². The van der Waals surface area contributed by atoms with E-state index in [4.69, 9.17) is 0 Å². The van der Waals surface area contributed by atoms with Crippen molar-refractivity contribution in [3.8, 4) is 0 Å². The van der Waals surface area contributed by atoms with E-state index in [0.717, 1.165) is 35.5 Å². The minimum atomic E-state index is 1.09. The molecule has 8 atom stereocenters. The van der Waals surface area contributed by atoms with Crippen molar-refractivity contribution in [2.24, 2.45) is 47.3 Å². The van der Waals surface area contributed by atoms with Gasteiger partial charge >= 0.3 is 0 Å². The smallest absolute Gasteiger partial charge is 0.0318 e. The van der Waals surface area contributed by atoms with Gasteiger partial charge in [0.2, 0.25) is 0 Å². The third kappa shape index (κ3) is 1.03. The molecule has 0 aromatic carbocycles. The lowest BCUT2D eigenvalue weighted by Crippen LogP contribution is -2.61. The molecule has 0 aromatic rings. The summed E-state index contributed by atoms with van der Waals surface area (Å²) in [5.74, 6) is 9.17. The highest BCUT2D eigenvalue weighted by Gasteiger charge is 2.61. The van der Waals surface area contributed by atoms with Gasteiger partial charge in [-0.05, 0) is 73.0 Å². The van der Waals surface area contributed by atoms with Gasteiger partial charge in [-0.25, -0.2) is 0 Å². The molecule has 90 valence electrons. The maximum absolute atomic E-state index is 2.54. The van der Waals surface area contributed by atoms with Crippen LogP contribution in [0.4, 0.5) is 0 Å². The predicted molar refractivity (Wildman–Crippen MR) is 67.0 cm³/mol. The van der Waals surface area contributed by atoms with Crippen LogP contribution >= 0.6 is 0 Å². The minimum absolute atomic E-state index is 1.09. The van der Waals surface area contributed by atoms with Crippen LogP contribution in [0.2, 0.25) is 0 Å². The Labute approximate surface area is 100 Å². The molecular weight excluding hydrogens is 192 g/mol. The lowest BCUT2D eigenvalue weighted by Gasteiger charge is -2.67. The fraction of sp³-hybridized carbons (Fsp3) is 1.00. The van der Waals surface area contributed by atoms with Crippen molar-refractivity contribution in [2.45, 2.75) is 52.4 Å². The van der Waals surface area contributed by atoms with Crippen LogP contribution in [0.25, 0.3) is 0 Å². The van der Waals surface area contributed by atoms with Crippen molar-refractivity contribution in [3.05, 3.63) is 0 Å². The maximum Gasteiger partial charge on any atom is -0.0318 e. The molecule has 0 aliphatic heterocycles. The molecule has 4 fully saturated rings. The van der Waals surface area contributed by atoms with Crippen molar-refractivity contribution in [1.29, 1.82) is 0 Å². The zero-order chi connectivity index (χ0) is 10.9. The number of fused-ring (bicyclic) bond motifs is 4. The van der Waals surface area contributed by atoms with Crippen LogP contribution in [0.15, 0.2) is 0 Å². The molecule has 0 radical (unpaired) electrons. The number of rotatable bonds is 1. The van der Waals surface area contributed by atoms with E-state index in [9.17, 15) is 0 Å². The average Bonchev–Trinajstić information content (AvgIpc) is 2.37. The molecule has 4 saturated carbocycles. The molecule has 4 bridgehead atoms. The van der Waals surface area contributed by atoms with Crippen LogP contribution in [0.5, 0.6) is 0 Å². The lowest BCUT2D eigenvalue weighted by molar-refractivity contribution is -0.192. The zero-order valence-electron chi connectivity index (χ0n) is 10.9. The van der Waals surface area contributed by atoms with E-state index in [1.807, 2.05) is 0 Å². The van der Waals surface area contributed by atoms with E-state index < -0.39 is 0 Å². The summed E-state index contributed by atoms with van der Waals surface area (Å²) in [5, 5.41) is 0. The van der Waals surface area contributed by atoms with Gasteiger partial charge < -0.3 is 0 Å². The maximum atomic E-state index is 2.54.